The highest BCUT2D eigenvalue weighted by Crippen LogP contribution is 2.61. The third kappa shape index (κ3) is 8.38. The molecule has 83 heavy (non-hydrogen) atoms. The maximum atomic E-state index is 2.85. The zero-order valence-electron chi connectivity index (χ0n) is 54.8. The maximum Gasteiger partial charge on any atom is 0.329 e. The van der Waals surface area contributed by atoms with Gasteiger partial charge in [0.05, 0.1) is 0 Å². The minimum atomic E-state index is -0.337. The van der Waals surface area contributed by atoms with E-state index in [1.807, 2.05) is 0 Å². The summed E-state index contributed by atoms with van der Waals surface area (Å²) in [6.07, 6.45) is 4.68. The number of rotatable bonds is 4. The molecular weight excluding hydrogens is 1000 g/mol. The monoisotopic (exact) mass is 1100 g/mol. The van der Waals surface area contributed by atoms with Crippen LogP contribution < -0.4 is 15.3 Å². The molecule has 0 N–H and O–H groups in total. The van der Waals surface area contributed by atoms with Gasteiger partial charge >= 0.3 is 6.85 Å². The predicted octanol–water partition coefficient (Wildman–Crippen LogP) is 21.3. The van der Waals surface area contributed by atoms with Crippen molar-refractivity contribution in [3.8, 4) is 11.1 Å². The standard InChI is InChI=1S/C79H94BN3/c1-71(2,3)47-23-28-51(29-24-47)81(52-30-25-48(26-31-52)72(4,5)6)54-42-56-58-41-50(74(10,11)12)40-57-55-39-49(73(7,8)9)27-34-65(55)83(68(57)58)80-67(56)66(44-54)82(53-32-33-60-62(43-53)76(15,16)36-35-75(60,13)14)69-59-45-63-64(46-61(59)79(21,22)70(69)80)78(19,20)38-37-77(63,17)18/h23-34,39-46H,35-38H2,1-22H3. The minimum Gasteiger partial charge on any atom is -0.376 e. The quantitative estimate of drug-likeness (QED) is 0.163. The van der Waals surface area contributed by atoms with Crippen LogP contribution >= 0.6 is 0 Å². The predicted molar refractivity (Wildman–Crippen MR) is 361 cm³/mol. The molecule has 0 unspecified atom stereocenters. The molecule has 428 valence electrons. The van der Waals surface area contributed by atoms with E-state index in [9.17, 15) is 0 Å². The highest BCUT2D eigenvalue weighted by Gasteiger charge is 2.55. The summed E-state index contributed by atoms with van der Waals surface area (Å²) < 4.78 is 2.85. The summed E-state index contributed by atoms with van der Waals surface area (Å²) in [7, 11) is 0. The summed E-state index contributed by atoms with van der Waals surface area (Å²) in [6.45, 7) is 53.3. The molecule has 8 aromatic rings. The van der Waals surface area contributed by atoms with Crippen LogP contribution in [0.1, 0.15) is 234 Å². The Balaban J connectivity index is 1.22. The Morgan fingerprint density at radius 2 is 0.880 bits per heavy atom. The van der Waals surface area contributed by atoms with Crippen LogP contribution in [0.4, 0.5) is 28.4 Å². The molecular formula is C79H94BN3. The largest absolute Gasteiger partial charge is 0.376 e. The Hall–Kier alpha value is -6.26. The molecule has 13 rings (SSSR count). The van der Waals surface area contributed by atoms with Crippen molar-refractivity contribution in [3.63, 3.8) is 0 Å². The lowest BCUT2D eigenvalue weighted by Crippen LogP contribution is -2.52. The molecule has 0 radical (unpaired) electrons. The zero-order chi connectivity index (χ0) is 59.6. The lowest BCUT2D eigenvalue weighted by molar-refractivity contribution is 0.331. The van der Waals surface area contributed by atoms with E-state index in [0.717, 1.165) is 23.5 Å². The van der Waals surface area contributed by atoms with Gasteiger partial charge in [0.2, 0.25) is 0 Å². The van der Waals surface area contributed by atoms with Crippen molar-refractivity contribution >= 4 is 68.3 Å². The van der Waals surface area contributed by atoms with Crippen LogP contribution in [-0.4, -0.2) is 11.3 Å². The molecule has 4 heteroatoms. The van der Waals surface area contributed by atoms with Crippen molar-refractivity contribution in [3.05, 3.63) is 182 Å². The molecule has 0 spiro atoms. The SMILES string of the molecule is CC(C)(C)c1ccc(N(c2ccc(C(C)(C)C)cc2)c2cc3c4c(c2)N(c2ccc5c(c2)C(C)(C)CCC5(C)C)C2=C(B4n4c5ccc(C(C)(C)C)cc5c5cc(C(C)(C)C)cc-3c54)C(C)(C)c3cc4c(cc32)C(C)(C)CCC4(C)C)cc1. The summed E-state index contributed by atoms with van der Waals surface area (Å²) in [5.41, 5.74) is 29.6. The van der Waals surface area contributed by atoms with Gasteiger partial charge in [-0.3, -0.25) is 0 Å². The number of nitrogens with zero attached hydrogens (tertiary/aromatic N) is 3. The number of anilines is 5. The highest BCUT2D eigenvalue weighted by molar-refractivity contribution is 6.85. The molecule has 7 aromatic carbocycles. The fourth-order valence-electron chi connectivity index (χ4n) is 15.8. The number of benzene rings is 7. The first-order chi connectivity index (χ1) is 38.4. The molecule has 1 aromatic heterocycles. The maximum absolute atomic E-state index is 2.85. The Kier molecular flexibility index (Phi) is 11.8. The van der Waals surface area contributed by atoms with Gasteiger partial charge in [-0.1, -0.05) is 195 Å². The molecule has 3 heterocycles. The first-order valence-electron chi connectivity index (χ1n) is 31.6. The second-order valence-corrected chi connectivity index (χ2v) is 33.7. The van der Waals surface area contributed by atoms with Crippen molar-refractivity contribution < 1.29 is 0 Å². The van der Waals surface area contributed by atoms with Crippen LogP contribution in [0, 0.1) is 0 Å². The molecule has 0 amide bonds. The Labute approximate surface area is 500 Å². The first-order valence-corrected chi connectivity index (χ1v) is 31.6. The highest BCUT2D eigenvalue weighted by atomic mass is 15.2. The van der Waals surface area contributed by atoms with Gasteiger partial charge in [0.1, 0.15) is 0 Å². The molecule has 0 atom stereocenters. The Morgan fingerprint density at radius 1 is 0.398 bits per heavy atom. The van der Waals surface area contributed by atoms with E-state index in [4.69, 9.17) is 0 Å². The lowest BCUT2D eigenvalue weighted by atomic mass is 9.40. The third-order valence-corrected chi connectivity index (χ3v) is 21.5. The second-order valence-electron chi connectivity index (χ2n) is 33.7. The number of hydrogen-bond acceptors (Lipinski definition) is 2. The van der Waals surface area contributed by atoms with Crippen molar-refractivity contribution in [2.75, 3.05) is 9.80 Å². The van der Waals surface area contributed by atoms with Gasteiger partial charge in [-0.05, 0) is 214 Å². The van der Waals surface area contributed by atoms with Crippen LogP contribution in [0.2, 0.25) is 0 Å². The van der Waals surface area contributed by atoms with Crippen LogP contribution in [0.5, 0.6) is 0 Å². The average Bonchev–Trinajstić information content (AvgIpc) is 1.57. The summed E-state index contributed by atoms with van der Waals surface area (Å²) in [5, 5.41) is 2.71. The molecule has 3 aliphatic carbocycles. The second kappa shape index (κ2) is 17.4. The van der Waals surface area contributed by atoms with Crippen LogP contribution in [0.15, 0.2) is 127 Å². The normalized spacial score (nSPS) is 18.9. The molecule has 0 fully saturated rings. The molecule has 2 aliphatic heterocycles. The van der Waals surface area contributed by atoms with E-state index in [-0.39, 0.29) is 55.6 Å². The van der Waals surface area contributed by atoms with Gasteiger partial charge in [0.25, 0.3) is 0 Å². The Bertz CT molecular complexity index is 4020. The summed E-state index contributed by atoms with van der Waals surface area (Å²) in [5.74, 6) is 0. The van der Waals surface area contributed by atoms with Crippen molar-refractivity contribution in [1.82, 2.24) is 4.48 Å². The third-order valence-electron chi connectivity index (χ3n) is 21.5. The fraction of sp³-hybridized carbons (Fsp3) is 0.443. The molecule has 0 saturated carbocycles. The van der Waals surface area contributed by atoms with Crippen molar-refractivity contribution in [2.45, 2.75) is 227 Å². The van der Waals surface area contributed by atoms with Crippen molar-refractivity contribution in [2.24, 2.45) is 0 Å². The number of fused-ring (bicyclic) bond motifs is 10. The summed E-state index contributed by atoms with van der Waals surface area (Å²) >= 11 is 0. The van der Waals surface area contributed by atoms with E-state index in [2.05, 4.69) is 288 Å². The van der Waals surface area contributed by atoms with E-state index < -0.39 is 0 Å². The number of allylic oxidation sites excluding steroid dienone is 1. The van der Waals surface area contributed by atoms with Gasteiger partial charge in [-0.2, -0.15) is 0 Å². The topological polar surface area (TPSA) is 11.4 Å². The summed E-state index contributed by atoms with van der Waals surface area (Å²) in [4.78, 5) is 5.39. The van der Waals surface area contributed by atoms with Gasteiger partial charge in [-0.15, -0.1) is 0 Å². The first kappa shape index (κ1) is 55.9. The van der Waals surface area contributed by atoms with Crippen LogP contribution in [0.3, 0.4) is 0 Å². The van der Waals surface area contributed by atoms with Crippen LogP contribution in [-0.2, 0) is 48.7 Å². The van der Waals surface area contributed by atoms with E-state index >= 15 is 0 Å². The molecule has 0 bridgehead atoms. The van der Waals surface area contributed by atoms with Gasteiger partial charge in [0, 0.05) is 72.5 Å². The Morgan fingerprint density at radius 3 is 1.41 bits per heavy atom. The fourth-order valence-corrected chi connectivity index (χ4v) is 15.8. The van der Waals surface area contributed by atoms with E-state index in [1.165, 1.54) is 136 Å². The molecule has 3 nitrogen and oxygen atoms in total. The van der Waals surface area contributed by atoms with Gasteiger partial charge < -0.3 is 14.3 Å². The molecule has 0 saturated heterocycles. The average molecular weight is 1100 g/mol. The van der Waals surface area contributed by atoms with Crippen molar-refractivity contribution in [1.29, 1.82) is 0 Å². The minimum absolute atomic E-state index is 0.0122. The lowest BCUT2D eigenvalue weighted by Gasteiger charge is -2.45. The number of aromatic nitrogens is 1. The van der Waals surface area contributed by atoms with Gasteiger partial charge in [0.15, 0.2) is 0 Å². The van der Waals surface area contributed by atoms with Gasteiger partial charge in [-0.25, -0.2) is 0 Å². The smallest absolute Gasteiger partial charge is 0.329 e. The van der Waals surface area contributed by atoms with E-state index in [0.29, 0.717) is 0 Å². The van der Waals surface area contributed by atoms with E-state index in [1.54, 1.807) is 0 Å². The summed E-state index contributed by atoms with van der Waals surface area (Å²) in [6, 6.07) is 50.0. The number of hydrogen-bond donors (Lipinski definition) is 0. The zero-order valence-corrected chi connectivity index (χ0v) is 54.8. The molecule has 5 aliphatic rings. The van der Waals surface area contributed by atoms with Crippen LogP contribution in [0.25, 0.3) is 38.6 Å².